The Hall–Kier alpha value is -0.650. The van der Waals surface area contributed by atoms with Crippen LogP contribution in [0.2, 0.25) is 0 Å². The summed E-state index contributed by atoms with van der Waals surface area (Å²) in [4.78, 5) is 12.3. The van der Waals surface area contributed by atoms with Gasteiger partial charge in [-0.3, -0.25) is 4.79 Å². The van der Waals surface area contributed by atoms with E-state index in [1.165, 1.54) is 0 Å². The predicted molar refractivity (Wildman–Crippen MR) is 68.2 cm³/mol. The molecule has 2 rings (SSSR count). The lowest BCUT2D eigenvalue weighted by Crippen LogP contribution is -2.60. The summed E-state index contributed by atoms with van der Waals surface area (Å²) in [5.74, 6) is -0.0338. The molecule has 1 unspecified atom stereocenters. The molecule has 2 aliphatic heterocycles. The maximum Gasteiger partial charge on any atom is 0.240 e. The molecular weight excluding hydrogens is 232 g/mol. The van der Waals surface area contributed by atoms with Crippen molar-refractivity contribution in [1.29, 1.82) is 0 Å². The number of nitrogens with two attached hydrogens (primary N) is 1. The molecule has 0 bridgehead atoms. The molecule has 0 aromatic heterocycles. The summed E-state index contributed by atoms with van der Waals surface area (Å²) in [5, 5.41) is 3.09. The van der Waals surface area contributed by atoms with Gasteiger partial charge in [-0.2, -0.15) is 0 Å². The topological polar surface area (TPSA) is 73.6 Å². The molecule has 2 aliphatic rings. The van der Waals surface area contributed by atoms with Crippen LogP contribution >= 0.6 is 0 Å². The van der Waals surface area contributed by atoms with Gasteiger partial charge in [0.25, 0.3) is 0 Å². The van der Waals surface area contributed by atoms with Gasteiger partial charge in [0.05, 0.1) is 11.1 Å². The molecule has 3 N–H and O–H groups in total. The van der Waals surface area contributed by atoms with Gasteiger partial charge in [-0.05, 0) is 39.5 Å². The van der Waals surface area contributed by atoms with Gasteiger partial charge in [-0.15, -0.1) is 0 Å². The van der Waals surface area contributed by atoms with E-state index < -0.39 is 5.54 Å². The average molecular weight is 256 g/mol. The third kappa shape index (κ3) is 3.22. The van der Waals surface area contributed by atoms with Crippen LogP contribution in [-0.2, 0) is 14.3 Å². The molecule has 0 aromatic rings. The van der Waals surface area contributed by atoms with Gasteiger partial charge >= 0.3 is 0 Å². The molecule has 0 radical (unpaired) electrons. The van der Waals surface area contributed by atoms with Crippen molar-refractivity contribution in [2.24, 2.45) is 5.73 Å². The Labute approximate surface area is 108 Å². The summed E-state index contributed by atoms with van der Waals surface area (Å²) in [6.07, 6.45) is 2.91. The van der Waals surface area contributed by atoms with Crippen molar-refractivity contribution in [3.8, 4) is 0 Å². The molecule has 0 saturated carbocycles. The Morgan fingerprint density at radius 3 is 2.56 bits per heavy atom. The molecule has 5 nitrogen and oxygen atoms in total. The van der Waals surface area contributed by atoms with Crippen LogP contribution in [0.15, 0.2) is 0 Å². The summed E-state index contributed by atoms with van der Waals surface area (Å²) in [6, 6.07) is 0.171. The van der Waals surface area contributed by atoms with E-state index in [9.17, 15) is 4.79 Å². The summed E-state index contributed by atoms with van der Waals surface area (Å²) in [5.41, 5.74) is 5.26. The fraction of sp³-hybridized carbons (Fsp3) is 0.923. The van der Waals surface area contributed by atoms with Crippen LogP contribution in [0.3, 0.4) is 0 Å². The van der Waals surface area contributed by atoms with Crippen molar-refractivity contribution in [1.82, 2.24) is 5.32 Å². The summed E-state index contributed by atoms with van der Waals surface area (Å²) in [7, 11) is 0. The van der Waals surface area contributed by atoms with E-state index in [1.807, 2.05) is 0 Å². The number of carbonyl (C=O) groups is 1. The number of hydrogen-bond acceptors (Lipinski definition) is 4. The Morgan fingerprint density at radius 1 is 1.28 bits per heavy atom. The quantitative estimate of drug-likeness (QED) is 0.757. The van der Waals surface area contributed by atoms with Crippen molar-refractivity contribution in [3.05, 3.63) is 0 Å². The lowest BCUT2D eigenvalue weighted by atomic mass is 9.88. The molecule has 0 spiro atoms. The third-order valence-corrected chi connectivity index (χ3v) is 3.87. The smallest absolute Gasteiger partial charge is 0.240 e. The first-order valence-corrected chi connectivity index (χ1v) is 6.73. The largest absolute Gasteiger partial charge is 0.381 e. The molecule has 1 atom stereocenters. The lowest BCUT2D eigenvalue weighted by Gasteiger charge is -2.38. The van der Waals surface area contributed by atoms with Crippen molar-refractivity contribution in [2.75, 3.05) is 19.8 Å². The zero-order chi connectivity index (χ0) is 13.2. The van der Waals surface area contributed by atoms with Crippen LogP contribution in [0.4, 0.5) is 0 Å². The Morgan fingerprint density at radius 2 is 1.94 bits per heavy atom. The van der Waals surface area contributed by atoms with Gasteiger partial charge in [0, 0.05) is 25.9 Å². The van der Waals surface area contributed by atoms with Crippen LogP contribution in [0.25, 0.3) is 0 Å². The Kier molecular flexibility index (Phi) is 3.94. The number of hydrogen-bond donors (Lipinski definition) is 2. The number of amides is 1. The second-order valence-corrected chi connectivity index (χ2v) is 6.04. The fourth-order valence-corrected chi connectivity index (χ4v) is 2.65. The molecular formula is C13H24N2O3. The summed E-state index contributed by atoms with van der Waals surface area (Å²) < 4.78 is 10.9. The molecule has 2 heterocycles. The second-order valence-electron chi connectivity index (χ2n) is 6.04. The molecule has 2 fully saturated rings. The number of rotatable bonds is 2. The van der Waals surface area contributed by atoms with Gasteiger partial charge in [-0.25, -0.2) is 0 Å². The van der Waals surface area contributed by atoms with E-state index in [0.717, 1.165) is 12.8 Å². The minimum atomic E-state index is -0.749. The van der Waals surface area contributed by atoms with Crippen LogP contribution in [-0.4, -0.2) is 42.9 Å². The zero-order valence-electron chi connectivity index (χ0n) is 11.3. The highest BCUT2D eigenvalue weighted by Crippen LogP contribution is 2.25. The van der Waals surface area contributed by atoms with Crippen LogP contribution in [0.5, 0.6) is 0 Å². The summed E-state index contributed by atoms with van der Waals surface area (Å²) in [6.45, 7) is 5.95. The minimum Gasteiger partial charge on any atom is -0.381 e. The van der Waals surface area contributed by atoms with Crippen LogP contribution < -0.4 is 11.1 Å². The van der Waals surface area contributed by atoms with E-state index in [0.29, 0.717) is 32.7 Å². The van der Waals surface area contributed by atoms with Crippen molar-refractivity contribution in [3.63, 3.8) is 0 Å². The normalized spacial score (nSPS) is 30.7. The van der Waals surface area contributed by atoms with E-state index in [2.05, 4.69) is 19.2 Å². The van der Waals surface area contributed by atoms with Gasteiger partial charge in [0.15, 0.2) is 0 Å². The first kappa shape index (κ1) is 13.8. The highest BCUT2D eigenvalue weighted by molar-refractivity contribution is 5.86. The monoisotopic (exact) mass is 256 g/mol. The molecule has 0 aliphatic carbocycles. The maximum atomic E-state index is 12.3. The SMILES string of the molecule is CC1(C)CC(NC(=O)C2(N)CCOCC2)CCO1. The standard InChI is InChI=1S/C13H24N2O3/c1-12(2)9-10(3-6-18-12)15-11(16)13(14)4-7-17-8-5-13/h10H,3-9,14H2,1-2H3,(H,15,16). The molecule has 5 heteroatoms. The highest BCUT2D eigenvalue weighted by Gasteiger charge is 2.38. The van der Waals surface area contributed by atoms with Crippen LogP contribution in [0.1, 0.15) is 39.5 Å². The third-order valence-electron chi connectivity index (χ3n) is 3.87. The van der Waals surface area contributed by atoms with Crippen molar-refractivity contribution in [2.45, 2.75) is 56.7 Å². The van der Waals surface area contributed by atoms with Crippen molar-refractivity contribution < 1.29 is 14.3 Å². The van der Waals surface area contributed by atoms with Gasteiger partial charge < -0.3 is 20.5 Å². The first-order chi connectivity index (χ1) is 8.41. The van der Waals surface area contributed by atoms with Crippen molar-refractivity contribution >= 4 is 5.91 Å². The van der Waals surface area contributed by atoms with Gasteiger partial charge in [0.1, 0.15) is 0 Å². The average Bonchev–Trinajstić information content (AvgIpc) is 2.28. The molecule has 2 saturated heterocycles. The Bertz CT molecular complexity index is 311. The number of ether oxygens (including phenoxy) is 2. The number of carbonyl (C=O) groups excluding carboxylic acids is 1. The predicted octanol–water partition coefficient (Wildman–Crippen LogP) is 0.568. The highest BCUT2D eigenvalue weighted by atomic mass is 16.5. The minimum absolute atomic E-state index is 0.0338. The van der Waals surface area contributed by atoms with Gasteiger partial charge in [0.2, 0.25) is 5.91 Å². The first-order valence-electron chi connectivity index (χ1n) is 6.73. The summed E-state index contributed by atoms with van der Waals surface area (Å²) >= 11 is 0. The maximum absolute atomic E-state index is 12.3. The van der Waals surface area contributed by atoms with E-state index in [-0.39, 0.29) is 17.6 Å². The lowest BCUT2D eigenvalue weighted by molar-refractivity contribution is -0.132. The molecule has 0 aromatic carbocycles. The van der Waals surface area contributed by atoms with E-state index in [1.54, 1.807) is 0 Å². The van der Waals surface area contributed by atoms with Crippen LogP contribution in [0, 0.1) is 0 Å². The van der Waals surface area contributed by atoms with E-state index >= 15 is 0 Å². The zero-order valence-corrected chi connectivity index (χ0v) is 11.3. The molecule has 104 valence electrons. The fourth-order valence-electron chi connectivity index (χ4n) is 2.65. The second kappa shape index (κ2) is 5.15. The molecule has 1 amide bonds. The Balaban J connectivity index is 1.90. The van der Waals surface area contributed by atoms with Gasteiger partial charge in [-0.1, -0.05) is 0 Å². The number of nitrogens with one attached hydrogen (secondary N) is 1. The molecule has 18 heavy (non-hydrogen) atoms. The van der Waals surface area contributed by atoms with E-state index in [4.69, 9.17) is 15.2 Å².